The second kappa shape index (κ2) is 15.5. The number of Topliss-reactive ketones (excluding diaryl/α,β-unsaturated/α-hetero) is 1. The molecule has 0 fully saturated rings. The Balaban J connectivity index is 1.74. The molecule has 41 heavy (non-hydrogen) atoms. The van der Waals surface area contributed by atoms with Gasteiger partial charge in [-0.2, -0.15) is 5.90 Å². The second-order valence-electron chi connectivity index (χ2n) is 9.92. The van der Waals surface area contributed by atoms with Crippen LogP contribution in [0.2, 0.25) is 0 Å². The minimum absolute atomic E-state index is 0.0626. The molecule has 0 spiro atoms. The van der Waals surface area contributed by atoms with Crippen molar-refractivity contribution in [3.8, 4) is 5.75 Å². The van der Waals surface area contributed by atoms with E-state index in [0.29, 0.717) is 36.4 Å². The van der Waals surface area contributed by atoms with E-state index in [0.717, 1.165) is 31.2 Å². The van der Waals surface area contributed by atoms with E-state index in [1.54, 1.807) is 30.3 Å². The van der Waals surface area contributed by atoms with Crippen molar-refractivity contribution in [2.24, 2.45) is 5.90 Å². The molecule has 3 rings (SSSR count). The maximum absolute atomic E-state index is 13.4. The van der Waals surface area contributed by atoms with E-state index in [1.165, 1.54) is 23.0 Å². The number of ether oxygens (including phenoxy) is 1. The lowest BCUT2D eigenvalue weighted by molar-refractivity contribution is -0.144. The van der Waals surface area contributed by atoms with E-state index in [2.05, 4.69) is 10.2 Å². The highest BCUT2D eigenvalue weighted by Crippen LogP contribution is 2.24. The highest BCUT2D eigenvalue weighted by molar-refractivity contribution is 6.01. The first-order chi connectivity index (χ1) is 19.7. The molecular formula is C30H38N4O7. The van der Waals surface area contributed by atoms with E-state index in [-0.39, 0.29) is 37.4 Å². The van der Waals surface area contributed by atoms with Gasteiger partial charge in [-0.05, 0) is 61.6 Å². The summed E-state index contributed by atoms with van der Waals surface area (Å²) in [4.78, 5) is 70.8. The van der Waals surface area contributed by atoms with E-state index >= 15 is 0 Å². The number of rotatable bonds is 13. The van der Waals surface area contributed by atoms with Crippen molar-refractivity contribution in [1.82, 2.24) is 9.80 Å². The normalized spacial score (nSPS) is 12.5. The Hall–Kier alpha value is -4.25. The van der Waals surface area contributed by atoms with Crippen molar-refractivity contribution < 1.29 is 33.5 Å². The minimum atomic E-state index is -0.734. The van der Waals surface area contributed by atoms with Gasteiger partial charge in [0.2, 0.25) is 11.8 Å². The summed E-state index contributed by atoms with van der Waals surface area (Å²) in [5.74, 6) is 3.37. The maximum atomic E-state index is 13.4. The number of benzene rings is 2. The monoisotopic (exact) mass is 566 g/mol. The fourth-order valence-electron chi connectivity index (χ4n) is 4.62. The number of nitrogens with zero attached hydrogens (tertiary/aromatic N) is 2. The van der Waals surface area contributed by atoms with Crippen molar-refractivity contribution in [2.45, 2.75) is 51.9 Å². The van der Waals surface area contributed by atoms with Gasteiger partial charge < -0.3 is 24.7 Å². The van der Waals surface area contributed by atoms with Crippen LogP contribution in [0.5, 0.6) is 5.75 Å². The molecule has 0 aromatic heterocycles. The van der Waals surface area contributed by atoms with Gasteiger partial charge in [0.25, 0.3) is 5.91 Å². The Kier molecular flexibility index (Phi) is 11.8. The van der Waals surface area contributed by atoms with Crippen LogP contribution in [0.3, 0.4) is 0 Å². The number of ketones is 1. The third kappa shape index (κ3) is 9.14. The quantitative estimate of drug-likeness (QED) is 0.278. The number of fused-ring (bicyclic) bond motifs is 1. The molecule has 0 radical (unpaired) electrons. The van der Waals surface area contributed by atoms with Crippen LogP contribution in [0.25, 0.3) is 0 Å². The zero-order valence-corrected chi connectivity index (χ0v) is 23.6. The average Bonchev–Trinajstić information content (AvgIpc) is 3.17. The molecule has 2 aromatic rings. The Morgan fingerprint density at radius 1 is 0.976 bits per heavy atom. The van der Waals surface area contributed by atoms with Gasteiger partial charge in [0, 0.05) is 36.3 Å². The molecule has 0 saturated carbocycles. The molecule has 1 aliphatic rings. The van der Waals surface area contributed by atoms with Gasteiger partial charge in [0.1, 0.15) is 12.3 Å². The Morgan fingerprint density at radius 2 is 1.76 bits per heavy atom. The van der Waals surface area contributed by atoms with E-state index in [4.69, 9.17) is 10.6 Å². The Bertz CT molecular complexity index is 1260. The molecule has 1 aliphatic carbocycles. The van der Waals surface area contributed by atoms with E-state index in [1.807, 2.05) is 13.0 Å². The van der Waals surface area contributed by atoms with Crippen LogP contribution in [0, 0.1) is 0 Å². The molecule has 0 heterocycles. The summed E-state index contributed by atoms with van der Waals surface area (Å²) in [5.41, 5.74) is 2.36. The van der Waals surface area contributed by atoms with Crippen molar-refractivity contribution in [1.29, 1.82) is 0 Å². The largest absolute Gasteiger partial charge is 0.497 e. The predicted molar refractivity (Wildman–Crippen MR) is 152 cm³/mol. The first kappa shape index (κ1) is 31.3. The van der Waals surface area contributed by atoms with E-state index < -0.39 is 23.7 Å². The summed E-state index contributed by atoms with van der Waals surface area (Å²) in [6.45, 7) is 1.55. The number of hydrogen-bond acceptors (Lipinski definition) is 8. The topological polar surface area (TPSA) is 148 Å². The molecule has 0 aliphatic heterocycles. The number of hydrogen-bond donors (Lipinski definition) is 2. The minimum Gasteiger partial charge on any atom is -0.497 e. The van der Waals surface area contributed by atoms with Crippen molar-refractivity contribution >= 4 is 35.2 Å². The standard InChI is InChI=1S/C30H38N4O7/c1-3-4-15-33(19-27(36)32-23-13-12-21-8-5-6-11-26(35)25(21)18-23)28(37)20-34(16-14-29(38)41-31)30(39)22-9-7-10-24(17-22)40-2/h7,9-10,12-13,17-18H,3-6,8,11,14-16,19-20,31H2,1-2H3,(H,32,36). The summed E-state index contributed by atoms with van der Waals surface area (Å²) in [6.07, 6.45) is 4.31. The third-order valence-electron chi connectivity index (χ3n) is 6.91. The van der Waals surface area contributed by atoms with Gasteiger partial charge in [-0.3, -0.25) is 24.0 Å². The number of aryl methyl sites for hydroxylation is 1. The molecule has 0 bridgehead atoms. The molecule has 0 saturated heterocycles. The zero-order valence-electron chi connectivity index (χ0n) is 23.6. The smallest absolute Gasteiger partial charge is 0.326 e. The lowest BCUT2D eigenvalue weighted by atomic mass is 10.0. The highest BCUT2D eigenvalue weighted by atomic mass is 16.7. The molecule has 11 heteroatoms. The third-order valence-corrected chi connectivity index (χ3v) is 6.91. The zero-order chi connectivity index (χ0) is 29.8. The number of carbonyl (C=O) groups is 5. The van der Waals surface area contributed by atoms with Crippen LogP contribution < -0.4 is 16.0 Å². The van der Waals surface area contributed by atoms with Crippen LogP contribution >= 0.6 is 0 Å². The van der Waals surface area contributed by atoms with Gasteiger partial charge in [-0.15, -0.1) is 0 Å². The van der Waals surface area contributed by atoms with Crippen LogP contribution in [0.4, 0.5) is 5.69 Å². The molecule has 0 unspecified atom stereocenters. The molecule has 3 amide bonds. The number of methoxy groups -OCH3 is 1. The molecule has 220 valence electrons. The lowest BCUT2D eigenvalue weighted by Crippen LogP contribution is -2.46. The SMILES string of the molecule is CCCCN(CC(=O)Nc1ccc2c(c1)C(=O)CCCC2)C(=O)CN(CCC(=O)ON)C(=O)c1cccc(OC)c1. The number of nitrogens with two attached hydrogens (primary N) is 1. The first-order valence-electron chi connectivity index (χ1n) is 13.8. The van der Waals surface area contributed by atoms with Gasteiger partial charge in [0.05, 0.1) is 20.1 Å². The first-order valence-corrected chi connectivity index (χ1v) is 13.8. The highest BCUT2D eigenvalue weighted by Gasteiger charge is 2.25. The second-order valence-corrected chi connectivity index (χ2v) is 9.92. The van der Waals surface area contributed by atoms with Gasteiger partial charge in [-0.25, -0.2) is 0 Å². The fourth-order valence-corrected chi connectivity index (χ4v) is 4.62. The molecule has 3 N–H and O–H groups in total. The molecule has 11 nitrogen and oxygen atoms in total. The number of nitrogens with one attached hydrogen (secondary N) is 1. The average molecular weight is 567 g/mol. The number of anilines is 1. The van der Waals surface area contributed by atoms with Crippen molar-refractivity contribution in [3.05, 3.63) is 59.2 Å². The van der Waals surface area contributed by atoms with Crippen molar-refractivity contribution in [3.63, 3.8) is 0 Å². The molecule has 2 aromatic carbocycles. The summed E-state index contributed by atoms with van der Waals surface area (Å²) < 4.78 is 5.20. The van der Waals surface area contributed by atoms with Gasteiger partial charge >= 0.3 is 5.97 Å². The fraction of sp³-hybridized carbons (Fsp3) is 0.433. The lowest BCUT2D eigenvalue weighted by Gasteiger charge is -2.27. The summed E-state index contributed by atoms with van der Waals surface area (Å²) >= 11 is 0. The number of unbranched alkanes of at least 4 members (excludes halogenated alkanes) is 1. The van der Waals surface area contributed by atoms with Crippen molar-refractivity contribution in [2.75, 3.05) is 38.6 Å². The summed E-state index contributed by atoms with van der Waals surface area (Å²) in [5, 5.41) is 2.80. The van der Waals surface area contributed by atoms with Crippen LogP contribution in [-0.4, -0.2) is 72.6 Å². The molecule has 0 atom stereocenters. The summed E-state index contributed by atoms with van der Waals surface area (Å²) in [7, 11) is 1.47. The maximum Gasteiger partial charge on any atom is 0.326 e. The van der Waals surface area contributed by atoms with E-state index in [9.17, 15) is 24.0 Å². The predicted octanol–water partition coefficient (Wildman–Crippen LogP) is 3.12. The number of amides is 3. The molecular weight excluding hydrogens is 528 g/mol. The van der Waals surface area contributed by atoms with Crippen LogP contribution in [-0.2, 0) is 25.6 Å². The van der Waals surface area contributed by atoms with Gasteiger partial charge in [0.15, 0.2) is 5.78 Å². The summed E-state index contributed by atoms with van der Waals surface area (Å²) in [6, 6.07) is 11.8. The Labute approximate surface area is 239 Å². The van der Waals surface area contributed by atoms with Gasteiger partial charge in [-0.1, -0.05) is 25.5 Å². The number of carbonyl (C=O) groups excluding carboxylic acids is 5. The van der Waals surface area contributed by atoms with Crippen LogP contribution in [0.15, 0.2) is 42.5 Å². The Morgan fingerprint density at radius 3 is 2.49 bits per heavy atom. The van der Waals surface area contributed by atoms with Crippen LogP contribution in [0.1, 0.15) is 71.7 Å².